The van der Waals surface area contributed by atoms with Crippen molar-refractivity contribution in [3.63, 3.8) is 0 Å². The van der Waals surface area contributed by atoms with Crippen LogP contribution in [0.25, 0.3) is 0 Å². The van der Waals surface area contributed by atoms with E-state index in [1.54, 1.807) is 33.8 Å². The molecule has 1 spiro atoms. The van der Waals surface area contributed by atoms with Crippen LogP contribution in [0.5, 0.6) is 5.75 Å². The van der Waals surface area contributed by atoms with Crippen LogP contribution in [0.3, 0.4) is 0 Å². The second-order valence-corrected chi connectivity index (χ2v) is 12.4. The number of phenolic OH excluding ortho intramolecular Hbond substituents is 1. The predicted octanol–water partition coefficient (Wildman–Crippen LogP) is 5.49. The van der Waals surface area contributed by atoms with E-state index in [1.807, 2.05) is 39.8 Å². The standard InChI is InChI=1S/C33H39NO6/c1-15(2)9-23-27-21(8)28(36)18(5)11-16(3)10-17(4)12-19(6)29(37)26-25-22(13-20(7)30(26)38)31(39)33(27,14-24(25)35)34-32(23)40/h10-13,15-16,21,23,27,38H,9,14H2,1-8H3,(H,34,40)/b17-10+,18-11+,19-12+/t16-,21-,23-,27+,33?/m1/s1. The van der Waals surface area contributed by atoms with Crippen molar-refractivity contribution in [1.29, 1.82) is 0 Å². The van der Waals surface area contributed by atoms with Gasteiger partial charge in [-0.05, 0) is 68.7 Å². The van der Waals surface area contributed by atoms with Crippen molar-refractivity contribution in [3.8, 4) is 5.75 Å². The molecule has 0 aromatic heterocycles. The average molecular weight is 546 g/mol. The van der Waals surface area contributed by atoms with Gasteiger partial charge in [0.2, 0.25) is 5.91 Å². The number of hydrogen-bond donors (Lipinski definition) is 2. The molecule has 1 saturated heterocycles. The molecule has 1 heterocycles. The van der Waals surface area contributed by atoms with Gasteiger partial charge in [0, 0.05) is 35.3 Å². The van der Waals surface area contributed by atoms with Crippen molar-refractivity contribution in [2.45, 2.75) is 73.8 Å². The zero-order valence-corrected chi connectivity index (χ0v) is 24.6. The number of benzene rings is 1. The monoisotopic (exact) mass is 545 g/mol. The van der Waals surface area contributed by atoms with Gasteiger partial charge in [0.1, 0.15) is 11.3 Å². The SMILES string of the molecule is CC1=C\[C@@H](C)/C=C(\C)C(=O)[C@H](C)[C@H]2[C@@H](CC(C)C)C(=O)NC23CC(=O)c2c(cc(C)c(O)c2C(=O)\C(C)=C\1)C3=O. The Hall–Kier alpha value is -3.61. The second kappa shape index (κ2) is 10.4. The van der Waals surface area contributed by atoms with Crippen molar-refractivity contribution >= 4 is 29.0 Å². The van der Waals surface area contributed by atoms with Crippen molar-refractivity contribution < 1.29 is 29.1 Å². The van der Waals surface area contributed by atoms with Crippen molar-refractivity contribution in [3.05, 3.63) is 63.3 Å². The molecule has 1 amide bonds. The van der Waals surface area contributed by atoms with Gasteiger partial charge < -0.3 is 10.4 Å². The first-order chi connectivity index (χ1) is 18.6. The summed E-state index contributed by atoms with van der Waals surface area (Å²) < 4.78 is 0. The summed E-state index contributed by atoms with van der Waals surface area (Å²) in [6.45, 7) is 14.4. The van der Waals surface area contributed by atoms with Gasteiger partial charge in [-0.2, -0.15) is 0 Å². The van der Waals surface area contributed by atoms with Gasteiger partial charge in [0.05, 0.1) is 5.56 Å². The maximum atomic E-state index is 14.5. The van der Waals surface area contributed by atoms with Crippen LogP contribution in [0.1, 0.15) is 97.9 Å². The zero-order valence-electron chi connectivity index (χ0n) is 24.6. The first-order valence-corrected chi connectivity index (χ1v) is 14.0. The van der Waals surface area contributed by atoms with E-state index in [0.717, 1.165) is 5.57 Å². The van der Waals surface area contributed by atoms with Crippen LogP contribution >= 0.6 is 0 Å². The highest BCUT2D eigenvalue weighted by molar-refractivity contribution is 6.26. The highest BCUT2D eigenvalue weighted by Gasteiger charge is 2.63. The van der Waals surface area contributed by atoms with Crippen LogP contribution in [-0.4, -0.2) is 39.7 Å². The van der Waals surface area contributed by atoms with Crippen molar-refractivity contribution in [2.24, 2.45) is 29.6 Å². The third-order valence-corrected chi connectivity index (χ3v) is 8.68. The largest absolute Gasteiger partial charge is 0.507 e. The fraction of sp³-hybridized carbons (Fsp3) is 0.485. The van der Waals surface area contributed by atoms with Crippen molar-refractivity contribution in [1.82, 2.24) is 5.32 Å². The fourth-order valence-electron chi connectivity index (χ4n) is 7.08. The minimum atomic E-state index is -1.62. The number of aromatic hydroxyl groups is 1. The predicted molar refractivity (Wildman–Crippen MR) is 152 cm³/mol. The van der Waals surface area contributed by atoms with E-state index in [9.17, 15) is 29.1 Å². The Kier molecular flexibility index (Phi) is 7.65. The molecule has 5 atom stereocenters. The Morgan fingerprint density at radius 1 is 0.975 bits per heavy atom. The number of carbonyl (C=O) groups is 5. The third-order valence-electron chi connectivity index (χ3n) is 8.68. The molecule has 1 unspecified atom stereocenters. The van der Waals surface area contributed by atoms with Crippen LogP contribution in [-0.2, 0) is 9.59 Å². The summed E-state index contributed by atoms with van der Waals surface area (Å²) >= 11 is 0. The van der Waals surface area contributed by atoms with Gasteiger partial charge in [0.25, 0.3) is 0 Å². The zero-order chi connectivity index (χ0) is 29.8. The van der Waals surface area contributed by atoms with Crippen molar-refractivity contribution in [2.75, 3.05) is 0 Å². The minimum absolute atomic E-state index is 0.00177. The molecule has 1 aliphatic heterocycles. The number of allylic oxidation sites excluding steroid dienone is 6. The summed E-state index contributed by atoms with van der Waals surface area (Å²) in [4.78, 5) is 69.5. The molecular weight excluding hydrogens is 506 g/mol. The minimum Gasteiger partial charge on any atom is -0.507 e. The van der Waals surface area contributed by atoms with Gasteiger partial charge in [-0.1, -0.05) is 51.5 Å². The van der Waals surface area contributed by atoms with Crippen LogP contribution in [0, 0.1) is 36.5 Å². The molecule has 0 saturated carbocycles. The van der Waals surface area contributed by atoms with Crippen LogP contribution in [0.2, 0.25) is 0 Å². The number of Topliss-reactive ketones (excluding diaryl/α,β-unsaturated/α-hetero) is 4. The summed E-state index contributed by atoms with van der Waals surface area (Å²) in [5, 5.41) is 13.9. The highest BCUT2D eigenvalue weighted by Crippen LogP contribution is 2.49. The number of carbonyl (C=O) groups excluding carboxylic acids is 5. The van der Waals surface area contributed by atoms with E-state index in [4.69, 9.17) is 0 Å². The summed E-state index contributed by atoms with van der Waals surface area (Å²) in [7, 11) is 0. The summed E-state index contributed by atoms with van der Waals surface area (Å²) in [6.07, 6.45) is 5.52. The van der Waals surface area contributed by atoms with Crippen LogP contribution in [0.4, 0.5) is 0 Å². The number of hydrogen-bond acceptors (Lipinski definition) is 6. The molecule has 2 N–H and O–H groups in total. The first kappa shape index (κ1) is 29.4. The normalized spacial score (nSPS) is 33.2. The molecular formula is C33H39NO6. The second-order valence-electron chi connectivity index (χ2n) is 12.4. The molecule has 212 valence electrons. The summed E-state index contributed by atoms with van der Waals surface area (Å²) in [5.41, 5.74) is -0.0620. The van der Waals surface area contributed by atoms with E-state index in [2.05, 4.69) is 5.32 Å². The Bertz CT molecular complexity index is 1440. The maximum absolute atomic E-state index is 14.5. The van der Waals surface area contributed by atoms with E-state index in [-0.39, 0.29) is 58.0 Å². The number of nitrogens with one attached hydrogen (secondary N) is 1. The lowest BCUT2D eigenvalue weighted by molar-refractivity contribution is -0.124. The van der Waals surface area contributed by atoms with Crippen LogP contribution < -0.4 is 5.32 Å². The smallest absolute Gasteiger partial charge is 0.224 e. The lowest BCUT2D eigenvalue weighted by Gasteiger charge is -2.41. The molecule has 0 radical (unpaired) electrons. The molecule has 1 fully saturated rings. The molecule has 3 aliphatic carbocycles. The van der Waals surface area contributed by atoms with E-state index in [1.165, 1.54) is 6.07 Å². The molecule has 7 heteroatoms. The summed E-state index contributed by atoms with van der Waals surface area (Å²) in [6, 6.07) is 1.42. The fourth-order valence-corrected chi connectivity index (χ4v) is 7.08. The number of rotatable bonds is 2. The molecule has 1 aromatic rings. The maximum Gasteiger partial charge on any atom is 0.224 e. The van der Waals surface area contributed by atoms with Gasteiger partial charge in [-0.3, -0.25) is 24.0 Å². The van der Waals surface area contributed by atoms with E-state index >= 15 is 0 Å². The lowest BCUT2D eigenvalue weighted by Crippen LogP contribution is -2.59. The van der Waals surface area contributed by atoms with Crippen LogP contribution in [0.15, 0.2) is 41.0 Å². The average Bonchev–Trinajstić information content (AvgIpc) is 3.12. The Balaban J connectivity index is 2.08. The van der Waals surface area contributed by atoms with E-state index in [0.29, 0.717) is 17.6 Å². The van der Waals surface area contributed by atoms with Gasteiger partial charge in [-0.15, -0.1) is 0 Å². The molecule has 7 nitrogen and oxygen atoms in total. The highest BCUT2D eigenvalue weighted by atomic mass is 16.3. The van der Waals surface area contributed by atoms with Gasteiger partial charge >= 0.3 is 0 Å². The number of fused-ring (bicyclic) bond motifs is 7. The number of amides is 1. The molecule has 40 heavy (non-hydrogen) atoms. The third kappa shape index (κ3) is 4.69. The van der Waals surface area contributed by atoms with Gasteiger partial charge in [0.15, 0.2) is 23.1 Å². The number of ketones is 4. The molecule has 5 rings (SSSR count). The van der Waals surface area contributed by atoms with E-state index < -0.39 is 40.6 Å². The molecule has 4 aliphatic rings. The Morgan fingerprint density at radius 3 is 2.25 bits per heavy atom. The quantitative estimate of drug-likeness (QED) is 0.507. The summed E-state index contributed by atoms with van der Waals surface area (Å²) in [5.74, 6) is -4.57. The first-order valence-electron chi connectivity index (χ1n) is 14.0. The lowest BCUT2D eigenvalue weighted by atomic mass is 9.61. The number of aryl methyl sites for hydroxylation is 1. The Labute approximate surface area is 235 Å². The van der Waals surface area contributed by atoms with Gasteiger partial charge in [-0.25, -0.2) is 0 Å². The molecule has 4 bridgehead atoms. The molecule has 1 aromatic carbocycles. The topological polar surface area (TPSA) is 118 Å². The number of phenols is 1. The Morgan fingerprint density at radius 2 is 1.62 bits per heavy atom.